The fourth-order valence-corrected chi connectivity index (χ4v) is 2.37. The van der Waals surface area contributed by atoms with Crippen LogP contribution >= 0.6 is 35.0 Å². The fraction of sp³-hybridized carbons (Fsp3) is 0.0625. The molecule has 0 saturated heterocycles. The first-order valence-electron chi connectivity index (χ1n) is 6.73. The maximum Gasteiger partial charge on any atom is 0.329 e. The lowest BCUT2D eigenvalue weighted by molar-refractivity contribution is -0.136. The molecule has 0 aliphatic rings. The van der Waals surface area contributed by atoms with Crippen LogP contribution < -0.4 is 10.7 Å². The number of carbonyl (C=O) groups excluding carboxylic acids is 2. The number of nitrogens with one attached hydrogen (secondary N) is 2. The fourth-order valence-electron chi connectivity index (χ4n) is 1.67. The Labute approximate surface area is 153 Å². The Morgan fingerprint density at radius 3 is 2.38 bits per heavy atom. The van der Waals surface area contributed by atoms with Crippen molar-refractivity contribution in [2.24, 2.45) is 5.10 Å². The van der Waals surface area contributed by atoms with Gasteiger partial charge in [-0.1, -0.05) is 35.3 Å². The van der Waals surface area contributed by atoms with Gasteiger partial charge in [-0.25, -0.2) is 5.43 Å². The molecule has 0 aliphatic heterocycles. The van der Waals surface area contributed by atoms with Crippen molar-refractivity contribution in [1.29, 1.82) is 0 Å². The minimum absolute atomic E-state index is 0.279. The summed E-state index contributed by atoms with van der Waals surface area (Å²) in [5.74, 6) is -1.75. The third-order valence-electron chi connectivity index (χ3n) is 2.88. The second kappa shape index (κ2) is 8.73. The molecule has 2 aromatic carbocycles. The zero-order valence-electron chi connectivity index (χ0n) is 12.5. The Kier molecular flexibility index (Phi) is 6.66. The van der Waals surface area contributed by atoms with Crippen molar-refractivity contribution < 1.29 is 9.59 Å². The average molecular weight is 382 g/mol. The normalized spacial score (nSPS) is 10.6. The van der Waals surface area contributed by atoms with Crippen LogP contribution in [0.5, 0.6) is 0 Å². The van der Waals surface area contributed by atoms with E-state index in [1.165, 1.54) is 24.4 Å². The van der Waals surface area contributed by atoms with Crippen molar-refractivity contribution in [3.63, 3.8) is 0 Å². The summed E-state index contributed by atoms with van der Waals surface area (Å²) in [7, 11) is 0. The van der Waals surface area contributed by atoms with Crippen LogP contribution in [-0.4, -0.2) is 24.3 Å². The van der Waals surface area contributed by atoms with Gasteiger partial charge in [0.05, 0.1) is 16.3 Å². The second-order valence-corrected chi connectivity index (χ2v) is 6.25. The van der Waals surface area contributed by atoms with E-state index in [1.54, 1.807) is 11.8 Å². The van der Waals surface area contributed by atoms with E-state index in [1.807, 2.05) is 30.5 Å². The van der Waals surface area contributed by atoms with E-state index in [2.05, 4.69) is 15.8 Å². The molecule has 124 valence electrons. The number of thioether (sulfide) groups is 1. The Balaban J connectivity index is 1.89. The van der Waals surface area contributed by atoms with E-state index in [0.717, 1.165) is 10.5 Å². The number of hydrogen-bond acceptors (Lipinski definition) is 4. The predicted octanol–water partition coefficient (Wildman–Crippen LogP) is 3.80. The zero-order chi connectivity index (χ0) is 17.5. The van der Waals surface area contributed by atoms with E-state index < -0.39 is 11.8 Å². The van der Waals surface area contributed by atoms with Crippen molar-refractivity contribution in [2.45, 2.75) is 4.90 Å². The lowest BCUT2D eigenvalue weighted by Gasteiger charge is -2.05. The van der Waals surface area contributed by atoms with Gasteiger partial charge in [0.1, 0.15) is 0 Å². The summed E-state index contributed by atoms with van der Waals surface area (Å²) in [4.78, 5) is 24.6. The van der Waals surface area contributed by atoms with Gasteiger partial charge in [-0.3, -0.25) is 9.59 Å². The molecule has 0 bridgehead atoms. The minimum Gasteiger partial charge on any atom is -0.318 e. The lowest BCUT2D eigenvalue weighted by Crippen LogP contribution is -2.32. The van der Waals surface area contributed by atoms with E-state index in [0.29, 0.717) is 10.7 Å². The molecule has 0 atom stereocenters. The van der Waals surface area contributed by atoms with E-state index in [4.69, 9.17) is 23.2 Å². The molecule has 0 fully saturated rings. The van der Waals surface area contributed by atoms with Gasteiger partial charge in [-0.15, -0.1) is 11.8 Å². The SMILES string of the molecule is CSc1ccc(/C=N/NC(=O)C(=O)Nc2ccc(Cl)c(Cl)c2)cc1. The van der Waals surface area contributed by atoms with E-state index in [-0.39, 0.29) is 5.02 Å². The summed E-state index contributed by atoms with van der Waals surface area (Å²) >= 11 is 13.3. The molecule has 0 spiro atoms. The van der Waals surface area contributed by atoms with Crippen LogP contribution in [0.3, 0.4) is 0 Å². The molecule has 0 aromatic heterocycles. The molecule has 5 nitrogen and oxygen atoms in total. The monoisotopic (exact) mass is 381 g/mol. The molecule has 2 amide bonds. The number of rotatable bonds is 4. The first-order valence-corrected chi connectivity index (χ1v) is 8.71. The topological polar surface area (TPSA) is 70.6 Å². The number of hydrogen-bond donors (Lipinski definition) is 2. The number of carbonyl (C=O) groups is 2. The van der Waals surface area contributed by atoms with Crippen molar-refractivity contribution in [3.05, 3.63) is 58.1 Å². The maximum atomic E-state index is 11.8. The number of hydrazone groups is 1. The average Bonchev–Trinajstić information content (AvgIpc) is 2.58. The molecule has 0 radical (unpaired) electrons. The Bertz CT molecular complexity index is 779. The summed E-state index contributed by atoms with van der Waals surface area (Å²) < 4.78 is 0. The summed E-state index contributed by atoms with van der Waals surface area (Å²) in [5, 5.41) is 6.79. The van der Waals surface area contributed by atoms with Gasteiger partial charge in [0.2, 0.25) is 0 Å². The molecule has 0 aliphatic carbocycles. The van der Waals surface area contributed by atoms with Gasteiger partial charge < -0.3 is 5.32 Å². The minimum atomic E-state index is -0.891. The van der Waals surface area contributed by atoms with Crippen LogP contribution in [0.1, 0.15) is 5.56 Å². The van der Waals surface area contributed by atoms with Crippen LogP contribution in [-0.2, 0) is 9.59 Å². The molecule has 0 saturated carbocycles. The highest BCUT2D eigenvalue weighted by Gasteiger charge is 2.13. The molecule has 0 heterocycles. The number of anilines is 1. The lowest BCUT2D eigenvalue weighted by atomic mass is 10.2. The second-order valence-electron chi connectivity index (χ2n) is 4.56. The van der Waals surface area contributed by atoms with Crippen molar-refractivity contribution in [3.8, 4) is 0 Å². The Morgan fingerprint density at radius 1 is 1.04 bits per heavy atom. The van der Waals surface area contributed by atoms with Crippen molar-refractivity contribution in [2.75, 3.05) is 11.6 Å². The largest absolute Gasteiger partial charge is 0.329 e. The zero-order valence-corrected chi connectivity index (χ0v) is 14.9. The van der Waals surface area contributed by atoms with Gasteiger partial charge in [-0.05, 0) is 42.2 Å². The van der Waals surface area contributed by atoms with Crippen molar-refractivity contribution >= 4 is 58.7 Å². The first kappa shape index (κ1) is 18.3. The van der Waals surface area contributed by atoms with Crippen LogP contribution in [0.4, 0.5) is 5.69 Å². The summed E-state index contributed by atoms with van der Waals surface area (Å²) in [6.45, 7) is 0. The highest BCUT2D eigenvalue weighted by atomic mass is 35.5. The van der Waals surface area contributed by atoms with Gasteiger partial charge in [0.15, 0.2) is 0 Å². The van der Waals surface area contributed by atoms with Crippen LogP contribution in [0, 0.1) is 0 Å². The van der Waals surface area contributed by atoms with Crippen molar-refractivity contribution in [1.82, 2.24) is 5.43 Å². The smallest absolute Gasteiger partial charge is 0.318 e. The molecule has 0 unspecified atom stereocenters. The Hall–Kier alpha value is -2.02. The maximum absolute atomic E-state index is 11.8. The van der Waals surface area contributed by atoms with E-state index in [9.17, 15) is 9.59 Å². The molecule has 2 rings (SSSR count). The number of benzene rings is 2. The van der Waals surface area contributed by atoms with Crippen LogP contribution in [0.2, 0.25) is 10.0 Å². The standard InChI is InChI=1S/C16H13Cl2N3O2S/c1-24-12-5-2-10(3-6-12)9-19-21-16(23)15(22)20-11-4-7-13(17)14(18)8-11/h2-9H,1H3,(H,20,22)(H,21,23)/b19-9+. The molecule has 8 heteroatoms. The first-order chi connectivity index (χ1) is 11.5. The third kappa shape index (κ3) is 5.26. The van der Waals surface area contributed by atoms with Gasteiger partial charge in [0.25, 0.3) is 0 Å². The molecular weight excluding hydrogens is 369 g/mol. The molecular formula is C16H13Cl2N3O2S. The Morgan fingerprint density at radius 2 is 1.75 bits per heavy atom. The summed E-state index contributed by atoms with van der Waals surface area (Å²) in [6.07, 6.45) is 3.43. The molecule has 24 heavy (non-hydrogen) atoms. The highest BCUT2D eigenvalue weighted by molar-refractivity contribution is 7.98. The summed E-state index contributed by atoms with van der Waals surface area (Å²) in [5.41, 5.74) is 3.33. The van der Waals surface area contributed by atoms with E-state index >= 15 is 0 Å². The van der Waals surface area contributed by atoms with Gasteiger partial charge in [-0.2, -0.15) is 5.10 Å². The van der Waals surface area contributed by atoms with Crippen LogP contribution in [0.25, 0.3) is 0 Å². The molecule has 2 N–H and O–H groups in total. The van der Waals surface area contributed by atoms with Crippen LogP contribution in [0.15, 0.2) is 52.5 Å². The number of nitrogens with zero attached hydrogens (tertiary/aromatic N) is 1. The predicted molar refractivity (Wildman–Crippen MR) is 99.1 cm³/mol. The van der Waals surface area contributed by atoms with Gasteiger partial charge in [0, 0.05) is 10.6 Å². The van der Waals surface area contributed by atoms with Gasteiger partial charge >= 0.3 is 11.8 Å². The quantitative estimate of drug-likeness (QED) is 0.366. The number of halogens is 2. The molecule has 2 aromatic rings. The number of amides is 2. The summed E-state index contributed by atoms with van der Waals surface area (Å²) in [6, 6.07) is 12.1. The third-order valence-corrected chi connectivity index (χ3v) is 4.36. The highest BCUT2D eigenvalue weighted by Crippen LogP contribution is 2.24.